The summed E-state index contributed by atoms with van der Waals surface area (Å²) in [5.41, 5.74) is 2.53. The number of hydrogen-bond donors (Lipinski definition) is 1. The van der Waals surface area contributed by atoms with Gasteiger partial charge in [0, 0.05) is 11.3 Å². The van der Waals surface area contributed by atoms with Crippen molar-refractivity contribution in [3.05, 3.63) is 21.6 Å². The largest absolute Gasteiger partial charge is 0.306 e. The summed E-state index contributed by atoms with van der Waals surface area (Å²) in [5.74, 6) is 0. The Morgan fingerprint density at radius 2 is 1.88 bits per heavy atom. The molecule has 2 heterocycles. The molecule has 1 aromatic rings. The first-order chi connectivity index (χ1) is 8.25. The summed E-state index contributed by atoms with van der Waals surface area (Å²) in [4.78, 5) is 14.7. The van der Waals surface area contributed by atoms with Gasteiger partial charge in [-0.25, -0.2) is 4.68 Å². The van der Waals surface area contributed by atoms with E-state index >= 15 is 0 Å². The van der Waals surface area contributed by atoms with Gasteiger partial charge in [0.05, 0.1) is 6.04 Å². The first kappa shape index (κ1) is 11.1. The second kappa shape index (κ2) is 4.33. The number of aromatic amines is 1. The van der Waals surface area contributed by atoms with Gasteiger partial charge in [-0.1, -0.05) is 0 Å². The van der Waals surface area contributed by atoms with Crippen LogP contribution in [0.4, 0.5) is 0 Å². The molecule has 1 N–H and O–H groups in total. The number of rotatable bonds is 1. The molecular weight excluding hydrogens is 214 g/mol. The van der Waals surface area contributed by atoms with Crippen LogP contribution in [0.1, 0.15) is 43.0 Å². The minimum absolute atomic E-state index is 0.259. The lowest BCUT2D eigenvalue weighted by molar-refractivity contribution is 0.209. The third kappa shape index (κ3) is 1.95. The van der Waals surface area contributed by atoms with Gasteiger partial charge in [0.15, 0.2) is 0 Å². The Bertz CT molecular complexity index is 452. The van der Waals surface area contributed by atoms with Crippen LogP contribution in [0.15, 0.2) is 4.79 Å². The van der Waals surface area contributed by atoms with Crippen molar-refractivity contribution in [2.75, 3.05) is 20.1 Å². The number of H-pyrrole nitrogens is 1. The normalized spacial score (nSPS) is 22.6. The van der Waals surface area contributed by atoms with Crippen LogP contribution in [0.2, 0.25) is 0 Å². The second-order valence-corrected chi connectivity index (χ2v) is 5.49. The van der Waals surface area contributed by atoms with Crippen LogP contribution >= 0.6 is 0 Å². The first-order valence-corrected chi connectivity index (χ1v) is 6.76. The number of likely N-dealkylation sites (tertiary alicyclic amines) is 1. The fraction of sp³-hybridized carbons (Fsp3) is 0.769. The Labute approximate surface area is 102 Å². The number of piperidine rings is 1. The molecule has 1 saturated heterocycles. The van der Waals surface area contributed by atoms with Gasteiger partial charge in [0.2, 0.25) is 0 Å². The SMILES string of the molecule is CN1CCC(n2[nH]c3c(c2=O)CCCC3)CC1. The van der Waals surface area contributed by atoms with Crippen molar-refractivity contribution in [1.29, 1.82) is 0 Å². The lowest BCUT2D eigenvalue weighted by Crippen LogP contribution is -2.35. The van der Waals surface area contributed by atoms with Crippen LogP contribution in [-0.4, -0.2) is 34.8 Å². The number of nitrogens with one attached hydrogen (secondary N) is 1. The number of fused-ring (bicyclic) bond motifs is 1. The van der Waals surface area contributed by atoms with Gasteiger partial charge in [0.1, 0.15) is 0 Å². The lowest BCUT2D eigenvalue weighted by Gasteiger charge is -2.29. The van der Waals surface area contributed by atoms with Crippen LogP contribution in [0, 0.1) is 0 Å². The smallest absolute Gasteiger partial charge is 0.270 e. The molecule has 0 aromatic carbocycles. The highest BCUT2D eigenvalue weighted by molar-refractivity contribution is 5.20. The maximum absolute atomic E-state index is 12.3. The molecule has 0 atom stereocenters. The molecule has 0 spiro atoms. The zero-order valence-electron chi connectivity index (χ0n) is 10.5. The predicted molar refractivity (Wildman–Crippen MR) is 67.5 cm³/mol. The van der Waals surface area contributed by atoms with Crippen molar-refractivity contribution < 1.29 is 0 Å². The molecule has 0 amide bonds. The first-order valence-electron chi connectivity index (χ1n) is 6.76. The van der Waals surface area contributed by atoms with Crippen LogP contribution in [0.25, 0.3) is 0 Å². The summed E-state index contributed by atoms with van der Waals surface area (Å²) in [6.07, 6.45) is 6.62. The van der Waals surface area contributed by atoms with Crippen LogP contribution in [-0.2, 0) is 12.8 Å². The van der Waals surface area contributed by atoms with E-state index in [4.69, 9.17) is 0 Å². The summed E-state index contributed by atoms with van der Waals surface area (Å²) in [7, 11) is 2.15. The van der Waals surface area contributed by atoms with E-state index in [1.165, 1.54) is 18.5 Å². The molecule has 4 nitrogen and oxygen atoms in total. The molecule has 1 fully saturated rings. The molecule has 1 aliphatic carbocycles. The Morgan fingerprint density at radius 3 is 2.59 bits per heavy atom. The van der Waals surface area contributed by atoms with E-state index in [-0.39, 0.29) is 5.56 Å². The molecule has 1 aromatic heterocycles. The molecule has 1 aliphatic heterocycles. The van der Waals surface area contributed by atoms with Crippen LogP contribution in [0.3, 0.4) is 0 Å². The van der Waals surface area contributed by atoms with Gasteiger partial charge in [0.25, 0.3) is 5.56 Å². The fourth-order valence-corrected chi connectivity index (χ4v) is 3.12. The highest BCUT2D eigenvalue weighted by atomic mass is 16.1. The maximum atomic E-state index is 12.3. The van der Waals surface area contributed by atoms with E-state index < -0.39 is 0 Å². The number of aryl methyl sites for hydroxylation is 1. The van der Waals surface area contributed by atoms with E-state index in [0.717, 1.165) is 44.3 Å². The topological polar surface area (TPSA) is 41.0 Å². The molecule has 17 heavy (non-hydrogen) atoms. The van der Waals surface area contributed by atoms with Gasteiger partial charge >= 0.3 is 0 Å². The average molecular weight is 235 g/mol. The number of nitrogens with zero attached hydrogens (tertiary/aromatic N) is 2. The van der Waals surface area contributed by atoms with Gasteiger partial charge in [-0.05, 0) is 58.7 Å². The van der Waals surface area contributed by atoms with Crippen LogP contribution in [0.5, 0.6) is 0 Å². The average Bonchev–Trinajstić information content (AvgIpc) is 2.69. The summed E-state index contributed by atoms with van der Waals surface area (Å²) in [6, 6.07) is 0.393. The third-order valence-corrected chi connectivity index (χ3v) is 4.25. The minimum Gasteiger partial charge on any atom is -0.306 e. The van der Waals surface area contributed by atoms with Crippen molar-refractivity contribution >= 4 is 0 Å². The van der Waals surface area contributed by atoms with E-state index in [9.17, 15) is 4.79 Å². The monoisotopic (exact) mass is 235 g/mol. The number of aromatic nitrogens is 2. The third-order valence-electron chi connectivity index (χ3n) is 4.25. The van der Waals surface area contributed by atoms with Crippen molar-refractivity contribution in [3.8, 4) is 0 Å². The lowest BCUT2D eigenvalue weighted by atomic mass is 9.98. The van der Waals surface area contributed by atoms with E-state index in [0.29, 0.717) is 6.04 Å². The summed E-state index contributed by atoms with van der Waals surface area (Å²) >= 11 is 0. The Morgan fingerprint density at radius 1 is 1.18 bits per heavy atom. The highest BCUT2D eigenvalue weighted by Crippen LogP contribution is 2.22. The van der Waals surface area contributed by atoms with Gasteiger partial charge < -0.3 is 4.90 Å². The molecule has 2 aliphatic rings. The van der Waals surface area contributed by atoms with Crippen LogP contribution < -0.4 is 5.56 Å². The summed E-state index contributed by atoms with van der Waals surface area (Å²) in [5, 5.41) is 3.37. The van der Waals surface area contributed by atoms with Crippen molar-refractivity contribution in [1.82, 2.24) is 14.7 Å². The molecule has 0 bridgehead atoms. The van der Waals surface area contributed by atoms with Gasteiger partial charge in [-0.2, -0.15) is 0 Å². The Kier molecular flexibility index (Phi) is 2.82. The van der Waals surface area contributed by atoms with Gasteiger partial charge in [-0.3, -0.25) is 9.89 Å². The fourth-order valence-electron chi connectivity index (χ4n) is 3.12. The zero-order valence-corrected chi connectivity index (χ0v) is 10.5. The molecular formula is C13H21N3O. The molecule has 0 saturated carbocycles. The van der Waals surface area contributed by atoms with Crippen molar-refractivity contribution in [2.45, 2.75) is 44.6 Å². The van der Waals surface area contributed by atoms with Gasteiger partial charge in [-0.15, -0.1) is 0 Å². The Balaban J connectivity index is 1.88. The summed E-state index contributed by atoms with van der Waals surface area (Å²) in [6.45, 7) is 2.20. The van der Waals surface area contributed by atoms with E-state index in [1.54, 1.807) is 0 Å². The second-order valence-electron chi connectivity index (χ2n) is 5.49. The Hall–Kier alpha value is -1.03. The maximum Gasteiger partial charge on any atom is 0.270 e. The van der Waals surface area contributed by atoms with Crippen molar-refractivity contribution in [3.63, 3.8) is 0 Å². The van der Waals surface area contributed by atoms with E-state index in [1.807, 2.05) is 4.68 Å². The number of hydrogen-bond acceptors (Lipinski definition) is 2. The minimum atomic E-state index is 0.259. The quantitative estimate of drug-likeness (QED) is 0.797. The highest BCUT2D eigenvalue weighted by Gasteiger charge is 2.24. The molecule has 4 heteroatoms. The standard InChI is InChI=1S/C13H21N3O/c1-15-8-6-10(7-9-15)16-13(17)11-4-2-3-5-12(11)14-16/h10,14H,2-9H2,1H3. The van der Waals surface area contributed by atoms with Crippen molar-refractivity contribution in [2.24, 2.45) is 0 Å². The molecule has 0 unspecified atom stereocenters. The zero-order chi connectivity index (χ0) is 11.8. The molecule has 3 rings (SSSR count). The molecule has 94 valence electrons. The summed E-state index contributed by atoms with van der Waals surface area (Å²) < 4.78 is 1.92. The van der Waals surface area contributed by atoms with E-state index in [2.05, 4.69) is 17.0 Å². The predicted octanol–water partition coefficient (Wildman–Crippen LogP) is 1.32. The molecule has 0 radical (unpaired) electrons.